The van der Waals surface area contributed by atoms with Gasteiger partial charge in [0.1, 0.15) is 11.3 Å². The van der Waals surface area contributed by atoms with Crippen LogP contribution in [0.15, 0.2) is 41.5 Å². The lowest BCUT2D eigenvalue weighted by atomic mass is 10.1. The van der Waals surface area contributed by atoms with E-state index < -0.39 is 0 Å². The van der Waals surface area contributed by atoms with Gasteiger partial charge in [-0.05, 0) is 36.2 Å². The number of rotatable bonds is 3. The first-order valence-electron chi connectivity index (χ1n) is 6.60. The van der Waals surface area contributed by atoms with E-state index in [1.54, 1.807) is 29.0 Å². The van der Waals surface area contributed by atoms with Crippen LogP contribution in [0, 0.1) is 12.7 Å². The zero-order chi connectivity index (χ0) is 15.0. The van der Waals surface area contributed by atoms with Gasteiger partial charge in [-0.2, -0.15) is 5.10 Å². The van der Waals surface area contributed by atoms with Gasteiger partial charge in [-0.3, -0.25) is 4.79 Å². The molecule has 3 rings (SSSR count). The van der Waals surface area contributed by atoms with Crippen LogP contribution in [0.1, 0.15) is 16.8 Å². The molecule has 3 aromatic rings. The molecule has 6 heteroatoms. The molecule has 0 radical (unpaired) electrons. The van der Waals surface area contributed by atoms with Crippen molar-refractivity contribution < 1.29 is 4.39 Å². The maximum absolute atomic E-state index is 13.5. The van der Waals surface area contributed by atoms with E-state index in [9.17, 15) is 9.18 Å². The average Bonchev–Trinajstić information content (AvgIpc) is 2.83. The summed E-state index contributed by atoms with van der Waals surface area (Å²) in [6.45, 7) is 2.39. The second-order valence-electron chi connectivity index (χ2n) is 5.02. The predicted molar refractivity (Wildman–Crippen MR) is 77.6 cm³/mol. The fourth-order valence-electron chi connectivity index (χ4n) is 2.40. The Kier molecular flexibility index (Phi) is 3.31. The van der Waals surface area contributed by atoms with Crippen molar-refractivity contribution >= 4 is 5.52 Å². The fraction of sp³-hybridized carbons (Fsp3) is 0.200. The SMILES string of the molecule is Cc1cc2c(=O)n(Cc3cc(F)cc(CN)c3)ccn2n1. The molecule has 0 saturated carbocycles. The first-order chi connectivity index (χ1) is 10.1. The summed E-state index contributed by atoms with van der Waals surface area (Å²) in [7, 11) is 0. The molecule has 0 aliphatic carbocycles. The highest BCUT2D eigenvalue weighted by molar-refractivity contribution is 5.45. The monoisotopic (exact) mass is 286 g/mol. The van der Waals surface area contributed by atoms with E-state index in [2.05, 4.69) is 5.10 Å². The molecule has 0 amide bonds. The Morgan fingerprint density at radius 3 is 2.71 bits per heavy atom. The van der Waals surface area contributed by atoms with E-state index in [1.165, 1.54) is 16.7 Å². The Balaban J connectivity index is 2.03. The molecule has 2 N–H and O–H groups in total. The van der Waals surface area contributed by atoms with Crippen molar-refractivity contribution in [2.45, 2.75) is 20.0 Å². The zero-order valence-electron chi connectivity index (χ0n) is 11.6. The third-order valence-corrected chi connectivity index (χ3v) is 3.33. The Hall–Kier alpha value is -2.47. The van der Waals surface area contributed by atoms with Crippen LogP contribution in [-0.2, 0) is 13.1 Å². The van der Waals surface area contributed by atoms with Crippen LogP contribution in [0.2, 0.25) is 0 Å². The van der Waals surface area contributed by atoms with Crippen molar-refractivity contribution in [3.8, 4) is 0 Å². The van der Waals surface area contributed by atoms with Crippen LogP contribution in [0.4, 0.5) is 4.39 Å². The summed E-state index contributed by atoms with van der Waals surface area (Å²) in [6.07, 6.45) is 3.36. The summed E-state index contributed by atoms with van der Waals surface area (Å²) in [6, 6.07) is 6.35. The smallest absolute Gasteiger partial charge is 0.276 e. The number of aromatic nitrogens is 3. The standard InChI is InChI=1S/C15H15FN4O/c1-10-4-14-15(21)19(2-3-20(14)18-10)9-12-5-11(8-17)6-13(16)7-12/h2-7H,8-9,17H2,1H3. The molecule has 0 atom stereocenters. The topological polar surface area (TPSA) is 65.3 Å². The fourth-order valence-corrected chi connectivity index (χ4v) is 2.40. The van der Waals surface area contributed by atoms with E-state index in [-0.39, 0.29) is 17.9 Å². The van der Waals surface area contributed by atoms with Crippen molar-refractivity contribution in [1.29, 1.82) is 0 Å². The van der Waals surface area contributed by atoms with E-state index >= 15 is 0 Å². The summed E-state index contributed by atoms with van der Waals surface area (Å²) >= 11 is 0. The maximum Gasteiger partial charge on any atom is 0.276 e. The minimum atomic E-state index is -0.345. The van der Waals surface area contributed by atoms with Gasteiger partial charge in [-0.15, -0.1) is 0 Å². The van der Waals surface area contributed by atoms with Crippen LogP contribution in [-0.4, -0.2) is 14.2 Å². The van der Waals surface area contributed by atoms with Gasteiger partial charge in [0.2, 0.25) is 0 Å². The lowest BCUT2D eigenvalue weighted by Gasteiger charge is -2.08. The van der Waals surface area contributed by atoms with Gasteiger partial charge in [-0.1, -0.05) is 6.07 Å². The molecule has 0 saturated heterocycles. The summed E-state index contributed by atoms with van der Waals surface area (Å²) in [4.78, 5) is 12.4. The number of halogens is 1. The van der Waals surface area contributed by atoms with Crippen molar-refractivity contribution in [2.24, 2.45) is 5.73 Å². The molecule has 2 aromatic heterocycles. The maximum atomic E-state index is 13.5. The first-order valence-corrected chi connectivity index (χ1v) is 6.60. The molecule has 21 heavy (non-hydrogen) atoms. The molecule has 0 bridgehead atoms. The lowest BCUT2D eigenvalue weighted by Crippen LogP contribution is -2.22. The number of benzene rings is 1. The highest BCUT2D eigenvalue weighted by Gasteiger charge is 2.07. The van der Waals surface area contributed by atoms with E-state index in [1.807, 2.05) is 6.92 Å². The van der Waals surface area contributed by atoms with Gasteiger partial charge >= 0.3 is 0 Å². The summed E-state index contributed by atoms with van der Waals surface area (Å²) < 4.78 is 16.6. The Morgan fingerprint density at radius 1 is 1.19 bits per heavy atom. The Labute approximate surface area is 120 Å². The summed E-state index contributed by atoms with van der Waals surface area (Å²) in [5.41, 5.74) is 8.08. The molecule has 5 nitrogen and oxygen atoms in total. The third kappa shape index (κ3) is 2.57. The Bertz CT molecular complexity index is 866. The number of nitrogens with zero attached hydrogens (tertiary/aromatic N) is 3. The third-order valence-electron chi connectivity index (χ3n) is 3.33. The summed E-state index contributed by atoms with van der Waals surface area (Å²) in [5, 5.41) is 4.19. The minimum Gasteiger partial charge on any atom is -0.326 e. The molecule has 0 unspecified atom stereocenters. The average molecular weight is 286 g/mol. The number of nitrogens with two attached hydrogens (primary N) is 1. The highest BCUT2D eigenvalue weighted by atomic mass is 19.1. The van der Waals surface area contributed by atoms with Crippen molar-refractivity contribution in [3.63, 3.8) is 0 Å². The largest absolute Gasteiger partial charge is 0.326 e. The van der Waals surface area contributed by atoms with Gasteiger partial charge in [0.05, 0.1) is 12.2 Å². The molecular formula is C15H15FN4O. The van der Waals surface area contributed by atoms with E-state index in [0.29, 0.717) is 23.2 Å². The molecule has 1 aromatic carbocycles. The number of hydrogen-bond acceptors (Lipinski definition) is 3. The van der Waals surface area contributed by atoms with Gasteiger partial charge in [0.15, 0.2) is 0 Å². The minimum absolute atomic E-state index is 0.156. The molecule has 0 fully saturated rings. The number of hydrogen-bond donors (Lipinski definition) is 1. The van der Waals surface area contributed by atoms with Crippen LogP contribution in [0.5, 0.6) is 0 Å². The number of fused-ring (bicyclic) bond motifs is 1. The molecule has 0 aliphatic rings. The quantitative estimate of drug-likeness (QED) is 0.792. The van der Waals surface area contributed by atoms with Gasteiger partial charge in [0, 0.05) is 18.9 Å². The second-order valence-corrected chi connectivity index (χ2v) is 5.02. The van der Waals surface area contributed by atoms with Crippen LogP contribution in [0.25, 0.3) is 5.52 Å². The zero-order valence-corrected chi connectivity index (χ0v) is 11.6. The van der Waals surface area contributed by atoms with Gasteiger partial charge < -0.3 is 10.3 Å². The lowest BCUT2D eigenvalue weighted by molar-refractivity contribution is 0.620. The number of aryl methyl sites for hydroxylation is 1. The second kappa shape index (κ2) is 5.14. The Morgan fingerprint density at radius 2 is 1.95 bits per heavy atom. The predicted octanol–water partition coefficient (Wildman–Crippen LogP) is 1.45. The van der Waals surface area contributed by atoms with Crippen molar-refractivity contribution in [2.75, 3.05) is 0 Å². The molecule has 0 spiro atoms. The normalized spacial score (nSPS) is 11.2. The van der Waals surface area contributed by atoms with E-state index in [4.69, 9.17) is 5.73 Å². The highest BCUT2D eigenvalue weighted by Crippen LogP contribution is 2.10. The first kappa shape index (κ1) is 13.5. The molecule has 0 aliphatic heterocycles. The van der Waals surface area contributed by atoms with Crippen molar-refractivity contribution in [3.05, 3.63) is 69.7 Å². The molecular weight excluding hydrogens is 271 g/mol. The summed E-state index contributed by atoms with van der Waals surface area (Å²) in [5.74, 6) is -0.345. The van der Waals surface area contributed by atoms with Gasteiger partial charge in [0.25, 0.3) is 5.56 Å². The molecule has 2 heterocycles. The van der Waals surface area contributed by atoms with E-state index in [0.717, 1.165) is 5.69 Å². The van der Waals surface area contributed by atoms with Crippen LogP contribution in [0.3, 0.4) is 0 Å². The van der Waals surface area contributed by atoms with Crippen LogP contribution < -0.4 is 11.3 Å². The molecule has 108 valence electrons. The van der Waals surface area contributed by atoms with Gasteiger partial charge in [-0.25, -0.2) is 8.91 Å². The van der Waals surface area contributed by atoms with Crippen LogP contribution >= 0.6 is 0 Å². The van der Waals surface area contributed by atoms with Crippen molar-refractivity contribution in [1.82, 2.24) is 14.2 Å².